The first-order valence-electron chi connectivity index (χ1n) is 5.96. The summed E-state index contributed by atoms with van der Waals surface area (Å²) in [5, 5.41) is 0.122. The van der Waals surface area contributed by atoms with E-state index in [4.69, 9.17) is 11.6 Å². The molecule has 1 heterocycles. The second kappa shape index (κ2) is 5.79. The fourth-order valence-corrected chi connectivity index (χ4v) is 1.84. The van der Waals surface area contributed by atoms with Crippen molar-refractivity contribution < 1.29 is 4.79 Å². The first kappa shape index (κ1) is 14.1. The first-order chi connectivity index (χ1) is 9.47. The predicted molar refractivity (Wildman–Crippen MR) is 79.0 cm³/mol. The number of benzene rings is 1. The lowest BCUT2D eigenvalue weighted by Gasteiger charge is -2.10. The molecule has 2 rings (SSSR count). The lowest BCUT2D eigenvalue weighted by molar-refractivity contribution is 0.0962. The number of aromatic nitrogens is 1. The average Bonchev–Trinajstić information content (AvgIpc) is 2.42. The number of pyridine rings is 1. The summed E-state index contributed by atoms with van der Waals surface area (Å²) in [6.07, 6.45) is 1.40. The quantitative estimate of drug-likeness (QED) is 0.851. The van der Waals surface area contributed by atoms with Crippen molar-refractivity contribution in [2.75, 3.05) is 5.43 Å². The summed E-state index contributed by atoms with van der Waals surface area (Å²) in [4.78, 5) is 23.4. The molecule has 2 aromatic rings. The Morgan fingerprint density at radius 1 is 1.25 bits per heavy atom. The zero-order chi connectivity index (χ0) is 14.7. The van der Waals surface area contributed by atoms with Crippen LogP contribution in [0.25, 0.3) is 0 Å². The van der Waals surface area contributed by atoms with E-state index in [0.717, 1.165) is 11.3 Å². The Kier molecular flexibility index (Phi) is 4.10. The van der Waals surface area contributed by atoms with Gasteiger partial charge in [0.2, 0.25) is 0 Å². The molecule has 0 atom stereocenters. The highest BCUT2D eigenvalue weighted by atomic mass is 35.5. The smallest absolute Gasteiger partial charge is 0.272 e. The van der Waals surface area contributed by atoms with Crippen LogP contribution in [0.3, 0.4) is 0 Å². The molecule has 6 heteroatoms. The third kappa shape index (κ3) is 3.19. The fraction of sp³-hybridized carbons (Fsp3) is 0.143. The highest BCUT2D eigenvalue weighted by Gasteiger charge is 2.11. The summed E-state index contributed by atoms with van der Waals surface area (Å²) in [5.41, 5.74) is 7.17. The van der Waals surface area contributed by atoms with Crippen molar-refractivity contribution in [1.29, 1.82) is 0 Å². The Labute approximate surface area is 121 Å². The minimum absolute atomic E-state index is 0.122. The van der Waals surface area contributed by atoms with Crippen LogP contribution in [0.2, 0.25) is 5.02 Å². The van der Waals surface area contributed by atoms with E-state index in [1.54, 1.807) is 7.05 Å². The Bertz CT molecular complexity index is 693. The van der Waals surface area contributed by atoms with Gasteiger partial charge in [0.1, 0.15) is 0 Å². The summed E-state index contributed by atoms with van der Waals surface area (Å²) in [6, 6.07) is 8.75. The number of hydrazine groups is 1. The summed E-state index contributed by atoms with van der Waals surface area (Å²) in [7, 11) is 1.56. The van der Waals surface area contributed by atoms with Gasteiger partial charge in [-0.1, -0.05) is 29.3 Å². The van der Waals surface area contributed by atoms with Gasteiger partial charge in [-0.2, -0.15) is 0 Å². The van der Waals surface area contributed by atoms with E-state index in [1.165, 1.54) is 16.8 Å². The third-order valence-electron chi connectivity index (χ3n) is 2.79. The molecule has 0 fully saturated rings. The topological polar surface area (TPSA) is 63.1 Å². The van der Waals surface area contributed by atoms with Gasteiger partial charge in [0.25, 0.3) is 11.5 Å². The maximum atomic E-state index is 12.0. The molecule has 2 N–H and O–H groups in total. The van der Waals surface area contributed by atoms with E-state index in [-0.39, 0.29) is 16.1 Å². The summed E-state index contributed by atoms with van der Waals surface area (Å²) in [5.74, 6) is -0.411. The number of anilines is 1. The van der Waals surface area contributed by atoms with E-state index < -0.39 is 5.91 Å². The van der Waals surface area contributed by atoms with Crippen LogP contribution in [0.1, 0.15) is 15.9 Å². The number of hydrogen-bond acceptors (Lipinski definition) is 3. The molecule has 1 amide bonds. The maximum absolute atomic E-state index is 12.0. The number of amides is 1. The van der Waals surface area contributed by atoms with Gasteiger partial charge in [0, 0.05) is 19.3 Å². The normalized spacial score (nSPS) is 10.2. The van der Waals surface area contributed by atoms with Crippen LogP contribution in [-0.2, 0) is 7.05 Å². The van der Waals surface area contributed by atoms with Gasteiger partial charge in [0.05, 0.1) is 16.3 Å². The molecule has 0 saturated heterocycles. The molecule has 5 nitrogen and oxygen atoms in total. The lowest BCUT2D eigenvalue weighted by atomic mass is 10.2. The number of aryl methyl sites for hydroxylation is 2. The van der Waals surface area contributed by atoms with E-state index in [2.05, 4.69) is 10.9 Å². The Hall–Kier alpha value is -2.27. The molecule has 0 spiro atoms. The van der Waals surface area contributed by atoms with E-state index >= 15 is 0 Å². The van der Waals surface area contributed by atoms with Crippen molar-refractivity contribution in [3.63, 3.8) is 0 Å². The number of carbonyl (C=O) groups is 1. The van der Waals surface area contributed by atoms with Crippen LogP contribution >= 0.6 is 11.6 Å². The SMILES string of the molecule is Cc1ccc(NNC(=O)c2cn(C)c(=O)cc2Cl)cc1. The number of nitrogens with zero attached hydrogens (tertiary/aromatic N) is 1. The molecule has 104 valence electrons. The molecule has 0 bridgehead atoms. The van der Waals surface area contributed by atoms with Crippen LogP contribution in [0.4, 0.5) is 5.69 Å². The molecule has 0 radical (unpaired) electrons. The molecular weight excluding hydrogens is 278 g/mol. The van der Waals surface area contributed by atoms with Crippen molar-refractivity contribution in [2.45, 2.75) is 6.92 Å². The highest BCUT2D eigenvalue weighted by molar-refractivity contribution is 6.33. The predicted octanol–water partition coefficient (Wildman–Crippen LogP) is 2.10. The summed E-state index contributed by atoms with van der Waals surface area (Å²) < 4.78 is 1.30. The first-order valence-corrected chi connectivity index (χ1v) is 6.34. The fourth-order valence-electron chi connectivity index (χ4n) is 1.61. The van der Waals surface area contributed by atoms with Gasteiger partial charge < -0.3 is 4.57 Å². The van der Waals surface area contributed by atoms with Crippen LogP contribution in [-0.4, -0.2) is 10.5 Å². The molecule has 0 aliphatic rings. The van der Waals surface area contributed by atoms with E-state index in [9.17, 15) is 9.59 Å². The van der Waals surface area contributed by atoms with Gasteiger partial charge >= 0.3 is 0 Å². The molecule has 1 aromatic carbocycles. The second-order valence-corrected chi connectivity index (χ2v) is 4.84. The zero-order valence-electron chi connectivity index (χ0n) is 11.1. The lowest BCUT2D eigenvalue weighted by Crippen LogP contribution is -2.31. The van der Waals surface area contributed by atoms with Crippen LogP contribution in [0.5, 0.6) is 0 Å². The van der Waals surface area contributed by atoms with Crippen molar-refractivity contribution in [1.82, 2.24) is 9.99 Å². The number of hydrogen-bond donors (Lipinski definition) is 2. The van der Waals surface area contributed by atoms with Gasteiger partial charge in [-0.25, -0.2) is 0 Å². The molecule has 20 heavy (non-hydrogen) atoms. The minimum Gasteiger partial charge on any atom is -0.318 e. The Balaban J connectivity index is 2.11. The van der Waals surface area contributed by atoms with E-state index in [0.29, 0.717) is 0 Å². The van der Waals surface area contributed by atoms with Crippen molar-refractivity contribution in [3.8, 4) is 0 Å². The largest absolute Gasteiger partial charge is 0.318 e. The van der Waals surface area contributed by atoms with Crippen LogP contribution in [0.15, 0.2) is 41.3 Å². The zero-order valence-corrected chi connectivity index (χ0v) is 11.9. The number of carbonyl (C=O) groups excluding carboxylic acids is 1. The van der Waals surface area contributed by atoms with Crippen molar-refractivity contribution in [2.24, 2.45) is 7.05 Å². The van der Waals surface area contributed by atoms with Gasteiger partial charge in [-0.15, -0.1) is 0 Å². The van der Waals surface area contributed by atoms with Gasteiger partial charge in [-0.05, 0) is 19.1 Å². The third-order valence-corrected chi connectivity index (χ3v) is 3.11. The standard InChI is InChI=1S/C14H14ClN3O2/c1-9-3-5-10(6-4-9)16-17-14(20)11-8-18(2)13(19)7-12(11)15/h3-8,16H,1-2H3,(H,17,20). The molecule has 0 aliphatic heterocycles. The van der Waals surface area contributed by atoms with Crippen molar-refractivity contribution >= 4 is 23.2 Å². The number of nitrogens with one attached hydrogen (secondary N) is 2. The maximum Gasteiger partial charge on any atom is 0.272 e. The Morgan fingerprint density at radius 2 is 1.90 bits per heavy atom. The summed E-state index contributed by atoms with van der Waals surface area (Å²) >= 11 is 5.90. The number of rotatable bonds is 3. The second-order valence-electron chi connectivity index (χ2n) is 4.43. The average molecular weight is 292 g/mol. The minimum atomic E-state index is -0.411. The van der Waals surface area contributed by atoms with Crippen LogP contribution in [0, 0.1) is 6.92 Å². The Morgan fingerprint density at radius 3 is 2.55 bits per heavy atom. The molecule has 0 unspecified atom stereocenters. The highest BCUT2D eigenvalue weighted by Crippen LogP contribution is 2.13. The number of halogens is 1. The summed E-state index contributed by atoms with van der Waals surface area (Å²) in [6.45, 7) is 1.98. The monoisotopic (exact) mass is 291 g/mol. The van der Waals surface area contributed by atoms with E-state index in [1.807, 2.05) is 31.2 Å². The molecule has 1 aromatic heterocycles. The molecule has 0 aliphatic carbocycles. The van der Waals surface area contributed by atoms with Gasteiger partial charge in [-0.3, -0.25) is 20.4 Å². The molecular formula is C14H14ClN3O2. The van der Waals surface area contributed by atoms with Crippen molar-refractivity contribution in [3.05, 3.63) is 63.0 Å². The van der Waals surface area contributed by atoms with Gasteiger partial charge in [0.15, 0.2) is 0 Å². The molecule has 0 saturated carbocycles. The van der Waals surface area contributed by atoms with Crippen LogP contribution < -0.4 is 16.4 Å².